The highest BCUT2D eigenvalue weighted by Crippen LogP contribution is 2.31. The van der Waals surface area contributed by atoms with Crippen molar-refractivity contribution in [2.45, 2.75) is 19.4 Å². The van der Waals surface area contributed by atoms with Crippen molar-refractivity contribution in [2.75, 3.05) is 11.4 Å². The van der Waals surface area contributed by atoms with Crippen LogP contribution in [0.25, 0.3) is 10.2 Å². The van der Waals surface area contributed by atoms with Gasteiger partial charge < -0.3 is 4.57 Å². The van der Waals surface area contributed by atoms with Crippen molar-refractivity contribution in [2.24, 2.45) is 0 Å². The second kappa shape index (κ2) is 8.66. The Kier molecular flexibility index (Phi) is 5.80. The predicted octanol–water partition coefficient (Wildman–Crippen LogP) is 4.58. The van der Waals surface area contributed by atoms with Crippen LogP contribution in [0.5, 0.6) is 0 Å². The topological polar surface area (TPSA) is 51.0 Å². The van der Waals surface area contributed by atoms with Crippen LogP contribution in [0.2, 0.25) is 0 Å². The molecule has 154 valence electrons. The highest BCUT2D eigenvalue weighted by molar-refractivity contribution is 7.22. The minimum absolute atomic E-state index is 0.0330. The molecule has 0 aliphatic heterocycles. The number of carbonyl (C=O) groups excluding carboxylic acids is 1. The molecule has 0 saturated heterocycles. The van der Waals surface area contributed by atoms with E-state index in [1.54, 1.807) is 24.7 Å². The van der Waals surface area contributed by atoms with Gasteiger partial charge in [-0.3, -0.25) is 9.69 Å². The molecule has 9 heteroatoms. The maximum absolute atomic E-state index is 14.1. The Bertz CT molecular complexity index is 1160. The van der Waals surface area contributed by atoms with E-state index in [1.165, 1.54) is 23.1 Å². The lowest BCUT2D eigenvalue weighted by atomic mass is 10.1. The molecule has 0 spiro atoms. The lowest BCUT2D eigenvalue weighted by molar-refractivity contribution is -0.118. The first kappa shape index (κ1) is 20.1. The highest BCUT2D eigenvalue weighted by atomic mass is 32.1. The number of imidazole rings is 1. The quantitative estimate of drug-likeness (QED) is 0.431. The third-order valence-electron chi connectivity index (χ3n) is 4.56. The molecular weight excluding hydrogens is 413 g/mol. The summed E-state index contributed by atoms with van der Waals surface area (Å²) in [5.41, 5.74) is 0.685. The number of amides is 1. The van der Waals surface area contributed by atoms with E-state index in [9.17, 15) is 18.0 Å². The summed E-state index contributed by atoms with van der Waals surface area (Å²) in [4.78, 5) is 22.7. The van der Waals surface area contributed by atoms with Gasteiger partial charge in [0.05, 0.1) is 17.4 Å². The fraction of sp³-hybridized carbons (Fsp3) is 0.190. The summed E-state index contributed by atoms with van der Waals surface area (Å²) in [7, 11) is 0. The number of carbonyl (C=O) groups is 1. The number of rotatable bonds is 7. The van der Waals surface area contributed by atoms with E-state index in [0.29, 0.717) is 34.9 Å². The number of hydrogen-bond donors (Lipinski definition) is 0. The van der Waals surface area contributed by atoms with E-state index < -0.39 is 11.6 Å². The predicted molar refractivity (Wildman–Crippen MR) is 109 cm³/mol. The molecular formula is C21H17F3N4OS. The summed E-state index contributed by atoms with van der Waals surface area (Å²) in [6.07, 6.45) is 5.82. The second-order valence-electron chi connectivity index (χ2n) is 6.73. The van der Waals surface area contributed by atoms with E-state index in [2.05, 4.69) is 9.97 Å². The van der Waals surface area contributed by atoms with Gasteiger partial charge in [-0.15, -0.1) is 0 Å². The zero-order chi connectivity index (χ0) is 21.1. The van der Waals surface area contributed by atoms with Crippen molar-refractivity contribution in [3.63, 3.8) is 0 Å². The summed E-state index contributed by atoms with van der Waals surface area (Å²) in [6, 6.07) is 7.65. The highest BCUT2D eigenvalue weighted by Gasteiger charge is 2.21. The number of fused-ring (bicyclic) bond motifs is 1. The van der Waals surface area contributed by atoms with Crippen LogP contribution in [0.3, 0.4) is 0 Å². The molecule has 0 unspecified atom stereocenters. The number of anilines is 1. The second-order valence-corrected chi connectivity index (χ2v) is 7.74. The molecule has 2 heterocycles. The molecule has 0 bridgehead atoms. The molecule has 30 heavy (non-hydrogen) atoms. The van der Waals surface area contributed by atoms with Crippen LogP contribution in [-0.4, -0.2) is 27.0 Å². The number of hydrogen-bond acceptors (Lipinski definition) is 4. The van der Waals surface area contributed by atoms with Gasteiger partial charge in [-0.1, -0.05) is 23.5 Å². The van der Waals surface area contributed by atoms with E-state index in [-0.39, 0.29) is 23.7 Å². The maximum atomic E-state index is 14.1. The molecule has 2 aromatic carbocycles. The Morgan fingerprint density at radius 2 is 1.90 bits per heavy atom. The van der Waals surface area contributed by atoms with Gasteiger partial charge >= 0.3 is 0 Å². The molecule has 5 nitrogen and oxygen atoms in total. The van der Waals surface area contributed by atoms with Crippen LogP contribution in [0.15, 0.2) is 55.1 Å². The summed E-state index contributed by atoms with van der Waals surface area (Å²) in [5.74, 6) is -2.10. The number of halogens is 3. The van der Waals surface area contributed by atoms with Gasteiger partial charge in [0.1, 0.15) is 17.2 Å². The Morgan fingerprint density at radius 1 is 1.10 bits per heavy atom. The van der Waals surface area contributed by atoms with Gasteiger partial charge in [-0.2, -0.15) is 0 Å². The summed E-state index contributed by atoms with van der Waals surface area (Å²) < 4.78 is 43.0. The van der Waals surface area contributed by atoms with Crippen molar-refractivity contribution in [3.8, 4) is 0 Å². The lowest BCUT2D eigenvalue weighted by Gasteiger charge is -2.20. The normalized spacial score (nSPS) is 11.2. The molecule has 0 radical (unpaired) electrons. The fourth-order valence-corrected chi connectivity index (χ4v) is 4.14. The van der Waals surface area contributed by atoms with Gasteiger partial charge in [0.15, 0.2) is 10.9 Å². The van der Waals surface area contributed by atoms with Gasteiger partial charge in [0.25, 0.3) is 0 Å². The fourth-order valence-electron chi connectivity index (χ4n) is 3.09. The monoisotopic (exact) mass is 430 g/mol. The Morgan fingerprint density at radius 3 is 2.63 bits per heavy atom. The van der Waals surface area contributed by atoms with Gasteiger partial charge in [-0.25, -0.2) is 23.1 Å². The average Bonchev–Trinajstić information content (AvgIpc) is 3.36. The molecule has 0 atom stereocenters. The zero-order valence-electron chi connectivity index (χ0n) is 15.8. The number of benzene rings is 2. The van der Waals surface area contributed by atoms with Crippen LogP contribution in [0.4, 0.5) is 18.3 Å². The zero-order valence-corrected chi connectivity index (χ0v) is 16.6. The summed E-state index contributed by atoms with van der Waals surface area (Å²) >= 11 is 1.06. The van der Waals surface area contributed by atoms with Crippen LogP contribution >= 0.6 is 11.3 Å². The minimum atomic E-state index is -0.767. The largest absolute Gasteiger partial charge is 0.337 e. The first-order chi connectivity index (χ1) is 14.5. The van der Waals surface area contributed by atoms with E-state index in [1.807, 2.05) is 10.8 Å². The van der Waals surface area contributed by atoms with Crippen molar-refractivity contribution in [1.82, 2.24) is 14.5 Å². The molecule has 0 N–H and O–H groups in total. The van der Waals surface area contributed by atoms with Crippen LogP contribution < -0.4 is 4.90 Å². The Balaban J connectivity index is 1.59. The first-order valence-electron chi connectivity index (χ1n) is 9.26. The molecule has 0 fully saturated rings. The molecule has 0 aliphatic carbocycles. The van der Waals surface area contributed by atoms with Crippen molar-refractivity contribution in [1.29, 1.82) is 0 Å². The summed E-state index contributed by atoms with van der Waals surface area (Å²) in [6.45, 7) is 0.969. The standard InChI is InChI=1S/C21H17F3N4OS/c22-15-4-2-14(3-5-15)10-19(29)28(8-1-7-27-9-6-25-13-27)21-26-20-17(24)11-16(23)12-18(20)30-21/h2-6,9,11-13H,1,7-8,10H2. The molecule has 1 amide bonds. The number of thiazole rings is 1. The molecule has 4 aromatic rings. The number of nitrogens with zero attached hydrogens (tertiary/aromatic N) is 4. The summed E-state index contributed by atoms with van der Waals surface area (Å²) in [5, 5.41) is 0.298. The molecule has 4 rings (SSSR count). The molecule has 0 saturated carbocycles. The van der Waals surface area contributed by atoms with Crippen molar-refractivity contribution >= 4 is 32.6 Å². The Hall–Kier alpha value is -3.20. The number of aromatic nitrogens is 3. The third-order valence-corrected chi connectivity index (χ3v) is 5.59. The third kappa shape index (κ3) is 4.51. The number of aryl methyl sites for hydroxylation is 1. The first-order valence-corrected chi connectivity index (χ1v) is 10.1. The van der Waals surface area contributed by atoms with E-state index >= 15 is 0 Å². The van der Waals surface area contributed by atoms with Gasteiger partial charge in [0.2, 0.25) is 5.91 Å². The van der Waals surface area contributed by atoms with Gasteiger partial charge in [0, 0.05) is 31.5 Å². The SMILES string of the molecule is O=C(Cc1ccc(F)cc1)N(CCCn1ccnc1)c1nc2c(F)cc(F)cc2s1. The maximum Gasteiger partial charge on any atom is 0.233 e. The average molecular weight is 430 g/mol. The Labute approximate surface area is 174 Å². The van der Waals surface area contributed by atoms with Crippen molar-refractivity contribution < 1.29 is 18.0 Å². The van der Waals surface area contributed by atoms with Gasteiger partial charge in [-0.05, 0) is 30.2 Å². The van der Waals surface area contributed by atoms with Crippen LogP contribution in [-0.2, 0) is 17.8 Å². The van der Waals surface area contributed by atoms with E-state index in [0.717, 1.165) is 17.4 Å². The van der Waals surface area contributed by atoms with Crippen LogP contribution in [0.1, 0.15) is 12.0 Å². The molecule has 2 aromatic heterocycles. The minimum Gasteiger partial charge on any atom is -0.337 e. The van der Waals surface area contributed by atoms with Crippen LogP contribution in [0, 0.1) is 17.5 Å². The lowest BCUT2D eigenvalue weighted by Crippen LogP contribution is -2.33. The molecule has 0 aliphatic rings. The van der Waals surface area contributed by atoms with Crippen molar-refractivity contribution in [3.05, 3.63) is 78.1 Å². The smallest absolute Gasteiger partial charge is 0.233 e. The van der Waals surface area contributed by atoms with E-state index in [4.69, 9.17) is 0 Å².